The molecule has 1 aliphatic rings. The molecule has 2 rings (SSSR count). The van der Waals surface area contributed by atoms with Crippen molar-refractivity contribution >= 4 is 5.96 Å². The van der Waals surface area contributed by atoms with Gasteiger partial charge in [-0.2, -0.15) is 0 Å². The highest BCUT2D eigenvalue weighted by molar-refractivity contribution is 5.79. The van der Waals surface area contributed by atoms with Crippen molar-refractivity contribution in [3.8, 4) is 0 Å². The number of aromatic amines is 1. The van der Waals surface area contributed by atoms with E-state index < -0.39 is 5.60 Å². The second-order valence-electron chi connectivity index (χ2n) is 5.74. The van der Waals surface area contributed by atoms with Gasteiger partial charge >= 0.3 is 0 Å². The fourth-order valence-corrected chi connectivity index (χ4v) is 2.81. The van der Waals surface area contributed by atoms with Crippen LogP contribution in [0.5, 0.6) is 0 Å². The third-order valence-electron chi connectivity index (χ3n) is 4.00. The first-order valence-electron chi connectivity index (χ1n) is 7.39. The van der Waals surface area contributed by atoms with E-state index in [-0.39, 0.29) is 0 Å². The molecule has 1 fully saturated rings. The van der Waals surface area contributed by atoms with Crippen molar-refractivity contribution in [2.75, 3.05) is 20.6 Å². The Morgan fingerprint density at radius 1 is 1.45 bits per heavy atom. The molecule has 0 unspecified atom stereocenters. The summed E-state index contributed by atoms with van der Waals surface area (Å²) in [6, 6.07) is 4.04. The number of H-pyrrole nitrogens is 1. The minimum atomic E-state index is -0.568. The number of aliphatic imine (C=N–C) groups is 1. The molecule has 0 aliphatic heterocycles. The van der Waals surface area contributed by atoms with E-state index in [1.807, 2.05) is 19.3 Å². The molecule has 0 aromatic carbocycles. The average molecular weight is 278 g/mol. The molecule has 0 atom stereocenters. The Kier molecular flexibility index (Phi) is 5.06. The standard InChI is InChI=1S/C15H26N4O/c1-16-14(19(2)11-13-7-6-10-17-13)18-12-15(20)8-4-3-5-9-15/h6-7,10,17,20H,3-5,8-9,11-12H2,1-2H3,(H,16,18). The first-order valence-corrected chi connectivity index (χ1v) is 7.39. The molecule has 5 heteroatoms. The predicted octanol–water partition coefficient (Wildman–Crippen LogP) is 1.72. The zero-order valence-corrected chi connectivity index (χ0v) is 12.5. The van der Waals surface area contributed by atoms with E-state index in [9.17, 15) is 5.11 Å². The van der Waals surface area contributed by atoms with E-state index in [4.69, 9.17) is 0 Å². The second-order valence-corrected chi connectivity index (χ2v) is 5.74. The second kappa shape index (κ2) is 6.79. The van der Waals surface area contributed by atoms with Crippen molar-refractivity contribution in [1.82, 2.24) is 15.2 Å². The molecule has 0 spiro atoms. The largest absolute Gasteiger partial charge is 0.388 e. The molecule has 0 saturated heterocycles. The van der Waals surface area contributed by atoms with Gasteiger partial charge in [0.05, 0.1) is 12.1 Å². The van der Waals surface area contributed by atoms with E-state index in [0.717, 1.165) is 43.9 Å². The summed E-state index contributed by atoms with van der Waals surface area (Å²) in [5, 5.41) is 13.8. The number of guanidine groups is 1. The lowest BCUT2D eigenvalue weighted by Crippen LogP contribution is -2.48. The van der Waals surface area contributed by atoms with Gasteiger partial charge in [0, 0.05) is 32.5 Å². The number of aromatic nitrogens is 1. The maximum atomic E-state index is 10.5. The van der Waals surface area contributed by atoms with Gasteiger partial charge in [-0.05, 0) is 25.0 Å². The van der Waals surface area contributed by atoms with Crippen LogP contribution in [0, 0.1) is 0 Å². The summed E-state index contributed by atoms with van der Waals surface area (Å²) < 4.78 is 0. The van der Waals surface area contributed by atoms with Crippen LogP contribution in [-0.2, 0) is 6.54 Å². The summed E-state index contributed by atoms with van der Waals surface area (Å²) in [6.45, 7) is 1.35. The molecule has 1 aromatic heterocycles. The summed E-state index contributed by atoms with van der Waals surface area (Å²) in [5.74, 6) is 0.818. The lowest BCUT2D eigenvalue weighted by atomic mass is 9.85. The Balaban J connectivity index is 1.85. The van der Waals surface area contributed by atoms with E-state index in [0.29, 0.717) is 6.54 Å². The highest BCUT2D eigenvalue weighted by Gasteiger charge is 2.29. The van der Waals surface area contributed by atoms with Gasteiger partial charge in [-0.1, -0.05) is 19.3 Å². The van der Waals surface area contributed by atoms with Crippen LogP contribution in [-0.4, -0.2) is 47.2 Å². The Morgan fingerprint density at radius 3 is 2.80 bits per heavy atom. The van der Waals surface area contributed by atoms with Crippen LogP contribution in [0.4, 0.5) is 0 Å². The van der Waals surface area contributed by atoms with E-state index in [2.05, 4.69) is 26.3 Å². The van der Waals surface area contributed by atoms with Crippen LogP contribution in [0.15, 0.2) is 23.3 Å². The maximum Gasteiger partial charge on any atom is 0.193 e. The van der Waals surface area contributed by atoms with Gasteiger partial charge in [-0.15, -0.1) is 0 Å². The lowest BCUT2D eigenvalue weighted by molar-refractivity contribution is 0.00819. The predicted molar refractivity (Wildman–Crippen MR) is 81.7 cm³/mol. The van der Waals surface area contributed by atoms with Crippen molar-refractivity contribution < 1.29 is 5.11 Å². The normalized spacial score (nSPS) is 18.9. The quantitative estimate of drug-likeness (QED) is 0.580. The monoisotopic (exact) mass is 278 g/mol. The van der Waals surface area contributed by atoms with E-state index >= 15 is 0 Å². The van der Waals surface area contributed by atoms with Gasteiger partial charge in [-0.3, -0.25) is 4.99 Å². The Hall–Kier alpha value is -1.49. The molecule has 112 valence electrons. The van der Waals surface area contributed by atoms with Crippen molar-refractivity contribution in [2.24, 2.45) is 4.99 Å². The molecule has 1 saturated carbocycles. The maximum absolute atomic E-state index is 10.5. The van der Waals surface area contributed by atoms with Crippen LogP contribution in [0.2, 0.25) is 0 Å². The van der Waals surface area contributed by atoms with Crippen molar-refractivity contribution in [1.29, 1.82) is 0 Å². The third kappa shape index (κ3) is 4.00. The molecule has 1 aliphatic carbocycles. The molecule has 20 heavy (non-hydrogen) atoms. The summed E-state index contributed by atoms with van der Waals surface area (Å²) in [6.07, 6.45) is 7.17. The fourth-order valence-electron chi connectivity index (χ4n) is 2.81. The van der Waals surface area contributed by atoms with E-state index in [1.165, 1.54) is 6.42 Å². The van der Waals surface area contributed by atoms with Gasteiger partial charge in [0.2, 0.25) is 0 Å². The Labute approximate surface area is 121 Å². The highest BCUT2D eigenvalue weighted by atomic mass is 16.3. The zero-order chi connectivity index (χ0) is 14.4. The van der Waals surface area contributed by atoms with Crippen LogP contribution >= 0.6 is 0 Å². The lowest BCUT2D eigenvalue weighted by Gasteiger charge is -2.33. The SMILES string of the molecule is CN=C(NCC1(O)CCCCC1)N(C)Cc1ccc[nH]1. The highest BCUT2D eigenvalue weighted by Crippen LogP contribution is 2.27. The minimum Gasteiger partial charge on any atom is -0.388 e. The molecule has 0 bridgehead atoms. The number of aliphatic hydroxyl groups is 1. The van der Waals surface area contributed by atoms with E-state index in [1.54, 1.807) is 7.05 Å². The van der Waals surface area contributed by atoms with Gasteiger partial charge in [0.15, 0.2) is 5.96 Å². The number of hydrogen-bond donors (Lipinski definition) is 3. The summed E-state index contributed by atoms with van der Waals surface area (Å²) >= 11 is 0. The number of hydrogen-bond acceptors (Lipinski definition) is 2. The van der Waals surface area contributed by atoms with Crippen LogP contribution in [0.25, 0.3) is 0 Å². The molecule has 0 radical (unpaired) electrons. The number of rotatable bonds is 4. The topological polar surface area (TPSA) is 63.7 Å². The van der Waals surface area contributed by atoms with Gasteiger partial charge in [0.25, 0.3) is 0 Å². The fraction of sp³-hybridized carbons (Fsp3) is 0.667. The average Bonchev–Trinajstić information content (AvgIpc) is 2.93. The third-order valence-corrected chi connectivity index (χ3v) is 4.00. The molecule has 5 nitrogen and oxygen atoms in total. The zero-order valence-electron chi connectivity index (χ0n) is 12.5. The summed E-state index contributed by atoms with van der Waals surface area (Å²) in [7, 11) is 3.78. The molecular formula is C15H26N4O. The van der Waals surface area contributed by atoms with Crippen molar-refractivity contribution in [3.63, 3.8) is 0 Å². The Morgan fingerprint density at radius 2 is 2.20 bits per heavy atom. The molecule has 3 N–H and O–H groups in total. The van der Waals surface area contributed by atoms with Gasteiger partial charge in [-0.25, -0.2) is 0 Å². The van der Waals surface area contributed by atoms with Crippen LogP contribution in [0.1, 0.15) is 37.8 Å². The smallest absolute Gasteiger partial charge is 0.193 e. The molecule has 1 heterocycles. The summed E-state index contributed by atoms with van der Waals surface area (Å²) in [5.41, 5.74) is 0.577. The first-order chi connectivity index (χ1) is 9.63. The van der Waals surface area contributed by atoms with Crippen LogP contribution in [0.3, 0.4) is 0 Å². The molecule has 0 amide bonds. The minimum absolute atomic E-state index is 0.568. The van der Waals surface area contributed by atoms with Crippen molar-refractivity contribution in [2.45, 2.75) is 44.2 Å². The van der Waals surface area contributed by atoms with Crippen molar-refractivity contribution in [3.05, 3.63) is 24.0 Å². The van der Waals surface area contributed by atoms with Gasteiger partial charge in [0.1, 0.15) is 0 Å². The number of nitrogens with zero attached hydrogens (tertiary/aromatic N) is 2. The number of nitrogens with one attached hydrogen (secondary N) is 2. The summed E-state index contributed by atoms with van der Waals surface area (Å²) in [4.78, 5) is 9.53. The first kappa shape index (κ1) is 14.9. The van der Waals surface area contributed by atoms with Gasteiger partial charge < -0.3 is 20.3 Å². The Bertz CT molecular complexity index is 421. The van der Waals surface area contributed by atoms with Crippen LogP contribution < -0.4 is 5.32 Å². The molecule has 1 aromatic rings. The molecular weight excluding hydrogens is 252 g/mol.